The number of hydrogen-bond acceptors (Lipinski definition) is 2. The molecule has 24 heavy (non-hydrogen) atoms. The molecule has 0 bridgehead atoms. The van der Waals surface area contributed by atoms with Crippen LogP contribution in [0.2, 0.25) is 0 Å². The van der Waals surface area contributed by atoms with Gasteiger partial charge in [-0.2, -0.15) is 0 Å². The molecule has 1 saturated heterocycles. The molecule has 1 aromatic carbocycles. The molecule has 3 rings (SSSR count). The first kappa shape index (κ1) is 17.7. The van der Waals surface area contributed by atoms with Crippen LogP contribution in [-0.4, -0.2) is 50.8 Å². The molecule has 0 radical (unpaired) electrons. The van der Waals surface area contributed by atoms with Crippen molar-refractivity contribution in [3.63, 3.8) is 0 Å². The van der Waals surface area contributed by atoms with Crippen molar-refractivity contribution in [3.05, 3.63) is 34.3 Å². The minimum Gasteiger partial charge on any atom is -0.384 e. The maximum Gasteiger partial charge on any atom is 0.193 e. The lowest BCUT2D eigenvalue weighted by atomic mass is 9.96. The summed E-state index contributed by atoms with van der Waals surface area (Å²) in [6.45, 7) is 6.87. The number of methoxy groups -OCH3 is 1. The standard InChI is InChI=1S/C19H28BrN3O/c1-3-21-18(23-11-8-15(12-23)13-24-2)22-14-19(9-10-19)16-6-4-5-7-17(16)20/h4-7,15H,3,8-14H2,1-2H3,(H,21,22). The molecule has 0 aromatic heterocycles. The molecule has 1 heterocycles. The van der Waals surface area contributed by atoms with E-state index < -0.39 is 0 Å². The molecule has 1 saturated carbocycles. The van der Waals surface area contributed by atoms with E-state index in [1.165, 1.54) is 29.3 Å². The zero-order chi connectivity index (χ0) is 17.0. The van der Waals surface area contributed by atoms with Crippen molar-refractivity contribution in [2.24, 2.45) is 10.9 Å². The Bertz CT molecular complexity index is 586. The summed E-state index contributed by atoms with van der Waals surface area (Å²) < 4.78 is 6.53. The summed E-state index contributed by atoms with van der Waals surface area (Å²) in [6, 6.07) is 8.59. The number of likely N-dealkylation sites (tertiary alicyclic amines) is 1. The maximum atomic E-state index is 5.32. The van der Waals surface area contributed by atoms with Gasteiger partial charge < -0.3 is 15.0 Å². The van der Waals surface area contributed by atoms with E-state index in [1.807, 2.05) is 0 Å². The van der Waals surface area contributed by atoms with Crippen LogP contribution in [0.4, 0.5) is 0 Å². The van der Waals surface area contributed by atoms with E-state index in [9.17, 15) is 0 Å². The lowest BCUT2D eigenvalue weighted by molar-refractivity contribution is 0.157. The normalized spacial score (nSPS) is 22.7. The van der Waals surface area contributed by atoms with E-state index in [-0.39, 0.29) is 5.41 Å². The fourth-order valence-electron chi connectivity index (χ4n) is 3.60. The average Bonchev–Trinajstić information content (AvgIpc) is 3.23. The van der Waals surface area contributed by atoms with Gasteiger partial charge in [0.15, 0.2) is 5.96 Å². The minimum atomic E-state index is 0.229. The summed E-state index contributed by atoms with van der Waals surface area (Å²) in [5.41, 5.74) is 1.63. The van der Waals surface area contributed by atoms with Crippen molar-refractivity contribution < 1.29 is 4.74 Å². The minimum absolute atomic E-state index is 0.229. The molecular weight excluding hydrogens is 366 g/mol. The van der Waals surface area contributed by atoms with E-state index in [0.29, 0.717) is 5.92 Å². The van der Waals surface area contributed by atoms with Crippen LogP contribution in [-0.2, 0) is 10.2 Å². The van der Waals surface area contributed by atoms with Gasteiger partial charge in [-0.25, -0.2) is 0 Å². The summed E-state index contributed by atoms with van der Waals surface area (Å²) in [5, 5.41) is 3.48. The molecule has 0 amide bonds. The Morgan fingerprint density at radius 3 is 2.88 bits per heavy atom. The molecule has 132 valence electrons. The van der Waals surface area contributed by atoms with E-state index in [0.717, 1.165) is 38.7 Å². The molecule has 1 aliphatic carbocycles. The van der Waals surface area contributed by atoms with E-state index in [4.69, 9.17) is 9.73 Å². The number of nitrogens with one attached hydrogen (secondary N) is 1. The summed E-state index contributed by atoms with van der Waals surface area (Å²) in [5.74, 6) is 1.69. The van der Waals surface area contributed by atoms with E-state index >= 15 is 0 Å². The predicted molar refractivity (Wildman–Crippen MR) is 103 cm³/mol. The molecule has 2 fully saturated rings. The van der Waals surface area contributed by atoms with Crippen molar-refractivity contribution in [1.29, 1.82) is 0 Å². The molecule has 1 atom stereocenters. The number of halogens is 1. The first-order valence-electron chi connectivity index (χ1n) is 8.96. The Balaban J connectivity index is 1.70. The predicted octanol–water partition coefficient (Wildman–Crippen LogP) is 3.41. The second kappa shape index (κ2) is 7.87. The summed E-state index contributed by atoms with van der Waals surface area (Å²) in [7, 11) is 1.79. The summed E-state index contributed by atoms with van der Waals surface area (Å²) >= 11 is 3.71. The van der Waals surface area contributed by atoms with E-state index in [1.54, 1.807) is 7.11 Å². The van der Waals surface area contributed by atoms with Crippen LogP contribution >= 0.6 is 15.9 Å². The Morgan fingerprint density at radius 1 is 1.42 bits per heavy atom. The first-order valence-corrected chi connectivity index (χ1v) is 9.75. The van der Waals surface area contributed by atoms with Gasteiger partial charge >= 0.3 is 0 Å². The van der Waals surface area contributed by atoms with Gasteiger partial charge in [-0.1, -0.05) is 34.1 Å². The zero-order valence-electron chi connectivity index (χ0n) is 14.7. The molecule has 1 aliphatic heterocycles. The van der Waals surface area contributed by atoms with Crippen LogP contribution in [0.5, 0.6) is 0 Å². The van der Waals surface area contributed by atoms with Crippen molar-refractivity contribution >= 4 is 21.9 Å². The van der Waals surface area contributed by atoms with Gasteiger partial charge in [-0.3, -0.25) is 4.99 Å². The van der Waals surface area contributed by atoms with Crippen LogP contribution in [0.3, 0.4) is 0 Å². The smallest absolute Gasteiger partial charge is 0.193 e. The van der Waals surface area contributed by atoms with Gasteiger partial charge in [0.1, 0.15) is 0 Å². The average molecular weight is 394 g/mol. The molecule has 2 aliphatic rings. The highest BCUT2D eigenvalue weighted by molar-refractivity contribution is 9.10. The third-order valence-corrected chi connectivity index (χ3v) is 5.84. The number of rotatable bonds is 6. The van der Waals surface area contributed by atoms with Gasteiger partial charge in [-0.05, 0) is 37.8 Å². The molecule has 0 spiro atoms. The molecule has 4 nitrogen and oxygen atoms in total. The Morgan fingerprint density at radius 2 is 2.21 bits per heavy atom. The number of guanidine groups is 1. The second-order valence-corrected chi connectivity index (χ2v) is 7.84. The van der Waals surface area contributed by atoms with Crippen LogP contribution in [0, 0.1) is 5.92 Å². The maximum absolute atomic E-state index is 5.32. The Labute approximate surface area is 153 Å². The number of hydrogen-bond donors (Lipinski definition) is 1. The number of aliphatic imine (C=N–C) groups is 1. The molecule has 1 aromatic rings. The fraction of sp³-hybridized carbons (Fsp3) is 0.632. The van der Waals surface area contributed by atoms with Crippen molar-refractivity contribution in [3.8, 4) is 0 Å². The number of nitrogens with zero attached hydrogens (tertiary/aromatic N) is 2. The lowest BCUT2D eigenvalue weighted by Crippen LogP contribution is -2.40. The SMILES string of the molecule is CCNC(=NCC1(c2ccccc2Br)CC1)N1CCC(COC)C1. The van der Waals surface area contributed by atoms with Gasteiger partial charge in [0, 0.05) is 42.5 Å². The van der Waals surface area contributed by atoms with Crippen LogP contribution in [0.1, 0.15) is 31.7 Å². The molecule has 1 unspecified atom stereocenters. The summed E-state index contributed by atoms with van der Waals surface area (Å²) in [4.78, 5) is 7.40. The van der Waals surface area contributed by atoms with E-state index in [2.05, 4.69) is 57.3 Å². The first-order chi connectivity index (χ1) is 11.7. The van der Waals surface area contributed by atoms with Gasteiger partial charge in [0.25, 0.3) is 0 Å². The third kappa shape index (κ3) is 3.94. The van der Waals surface area contributed by atoms with Crippen molar-refractivity contribution in [2.75, 3.05) is 39.9 Å². The number of benzene rings is 1. The van der Waals surface area contributed by atoms with Gasteiger partial charge in [0.2, 0.25) is 0 Å². The van der Waals surface area contributed by atoms with Crippen LogP contribution in [0.15, 0.2) is 33.7 Å². The Kier molecular flexibility index (Phi) is 5.82. The number of ether oxygens (including phenoxy) is 1. The highest BCUT2D eigenvalue weighted by Gasteiger charge is 2.45. The highest BCUT2D eigenvalue weighted by Crippen LogP contribution is 2.50. The fourth-order valence-corrected chi connectivity index (χ4v) is 4.31. The second-order valence-electron chi connectivity index (χ2n) is 6.99. The van der Waals surface area contributed by atoms with Crippen LogP contribution < -0.4 is 5.32 Å². The third-order valence-electron chi connectivity index (χ3n) is 5.15. The summed E-state index contributed by atoms with van der Waals surface area (Å²) in [6.07, 6.45) is 3.64. The topological polar surface area (TPSA) is 36.9 Å². The molecule has 5 heteroatoms. The van der Waals surface area contributed by atoms with Gasteiger partial charge in [-0.15, -0.1) is 0 Å². The lowest BCUT2D eigenvalue weighted by Gasteiger charge is -2.23. The van der Waals surface area contributed by atoms with Crippen LogP contribution in [0.25, 0.3) is 0 Å². The van der Waals surface area contributed by atoms with Crippen molar-refractivity contribution in [2.45, 2.75) is 31.6 Å². The molecule has 1 N–H and O–H groups in total. The van der Waals surface area contributed by atoms with Crippen molar-refractivity contribution in [1.82, 2.24) is 10.2 Å². The highest BCUT2D eigenvalue weighted by atomic mass is 79.9. The monoisotopic (exact) mass is 393 g/mol. The zero-order valence-corrected chi connectivity index (χ0v) is 16.3. The Hall–Kier alpha value is -1.07. The molecular formula is C19H28BrN3O. The largest absolute Gasteiger partial charge is 0.384 e. The van der Waals surface area contributed by atoms with Gasteiger partial charge in [0.05, 0.1) is 13.2 Å². The quantitative estimate of drug-likeness (QED) is 0.594.